The number of Topliss-reactive ketones (excluding diaryl/α,β-unsaturated/α-hetero) is 3. The van der Waals surface area contributed by atoms with E-state index < -0.39 is 145 Å². The van der Waals surface area contributed by atoms with Gasteiger partial charge in [-0.1, -0.05) is 72.6 Å². The van der Waals surface area contributed by atoms with Crippen LogP contribution in [0.5, 0.6) is 0 Å². The predicted molar refractivity (Wildman–Crippen MR) is 347 cm³/mol. The Balaban J connectivity index is 2.57. The molecule has 518 valence electrons. The molecule has 2 aromatic heterocycles. The zero-order valence-corrected chi connectivity index (χ0v) is 55.0. The van der Waals surface area contributed by atoms with Crippen molar-refractivity contribution < 1.29 is 57.5 Å². The number of amides is 9. The minimum atomic E-state index is -1.73. The summed E-state index contributed by atoms with van der Waals surface area (Å²) >= 11 is 0. The molecule has 0 aliphatic carbocycles. The van der Waals surface area contributed by atoms with Crippen LogP contribution in [0, 0.1) is 23.7 Å². The van der Waals surface area contributed by atoms with Crippen molar-refractivity contribution in [2.45, 2.75) is 181 Å². The van der Waals surface area contributed by atoms with Gasteiger partial charge in [0.05, 0.1) is 30.9 Å². The number of carbonyl (C=O) groups excluding carboxylic acids is 12. The average Bonchev–Trinajstić information content (AvgIpc) is 1.50. The van der Waals surface area contributed by atoms with Crippen LogP contribution in [0.3, 0.4) is 0 Å². The topological polar surface area (TPSA) is 447 Å². The van der Waals surface area contributed by atoms with Crippen LogP contribution in [-0.4, -0.2) is 188 Å². The molecule has 29 nitrogen and oxygen atoms in total. The summed E-state index contributed by atoms with van der Waals surface area (Å²) in [5.41, 5.74) is 12.7. The molecule has 0 bridgehead atoms. The summed E-state index contributed by atoms with van der Waals surface area (Å²) in [5.74, 6) is -12.7. The Bertz CT molecular complexity index is 2500. The van der Waals surface area contributed by atoms with Gasteiger partial charge in [-0.25, -0.2) is 9.97 Å². The molecule has 2 heterocycles. The molecule has 29 heteroatoms. The minimum absolute atomic E-state index is 0.0272. The van der Waals surface area contributed by atoms with E-state index in [9.17, 15) is 57.5 Å². The normalized spacial score (nSPS) is 13.0. The minimum Gasteiger partial charge on any atom is -0.356 e. The molecule has 0 spiro atoms. The molecule has 2 rings (SSSR count). The van der Waals surface area contributed by atoms with Gasteiger partial charge in [-0.05, 0) is 25.7 Å². The monoisotopic (exact) mass is 1300 g/mol. The third-order valence-electron chi connectivity index (χ3n) is 15.2. The first-order valence-corrected chi connectivity index (χ1v) is 33.2. The average molecular weight is 1300 g/mol. The SMILES string of the molecule is CCCCCCNC(=O)CC(NC(=O)CC(CC(=O)C(CC(=O)CC(CC)C(=O)NCCc1cnc[nH]1)CC(=O)NCCc1cnc[nH]1)C(=O)NCCCCCC)C(=O)NC(CC(=O)CC(CC(=O)NCCNCCN)C(=O)NCCCC)C(=O)NCCNCCN. The molecule has 17 N–H and O–H groups in total. The van der Waals surface area contributed by atoms with Gasteiger partial charge >= 0.3 is 0 Å². The van der Waals surface area contributed by atoms with Crippen LogP contribution in [0.4, 0.5) is 0 Å². The van der Waals surface area contributed by atoms with Gasteiger partial charge in [0.25, 0.3) is 0 Å². The predicted octanol–water partition coefficient (Wildman–Crippen LogP) is -0.149. The Morgan fingerprint density at radius 1 is 0.380 bits per heavy atom. The van der Waals surface area contributed by atoms with Gasteiger partial charge in [0.2, 0.25) is 53.2 Å². The maximum absolute atomic E-state index is 14.7. The van der Waals surface area contributed by atoms with E-state index in [0.29, 0.717) is 71.2 Å². The molecular weight excluding hydrogens is 1190 g/mol. The van der Waals surface area contributed by atoms with Gasteiger partial charge in [-0.15, -0.1) is 0 Å². The molecule has 2 aromatic rings. The van der Waals surface area contributed by atoms with Gasteiger partial charge in [0.15, 0.2) is 0 Å². The molecule has 0 aliphatic rings. The van der Waals surface area contributed by atoms with Crippen LogP contribution in [0.25, 0.3) is 0 Å². The molecule has 0 aliphatic heterocycles. The van der Waals surface area contributed by atoms with Gasteiger partial charge in [0, 0.05) is 185 Å². The van der Waals surface area contributed by atoms with Crippen LogP contribution in [0.2, 0.25) is 0 Å². The molecule has 0 fully saturated rings. The summed E-state index contributed by atoms with van der Waals surface area (Å²) in [6.07, 6.45) is 10.4. The summed E-state index contributed by atoms with van der Waals surface area (Å²) in [7, 11) is 0. The number of aromatic nitrogens is 4. The lowest BCUT2D eigenvalue weighted by atomic mass is 9.84. The summed E-state index contributed by atoms with van der Waals surface area (Å²) in [4.78, 5) is 181. The smallest absolute Gasteiger partial charge is 0.243 e. The van der Waals surface area contributed by atoms with Crippen LogP contribution in [0.15, 0.2) is 25.0 Å². The maximum atomic E-state index is 14.7. The van der Waals surface area contributed by atoms with E-state index in [1.807, 2.05) is 20.8 Å². The van der Waals surface area contributed by atoms with Crippen molar-refractivity contribution in [3.63, 3.8) is 0 Å². The first-order chi connectivity index (χ1) is 44.4. The largest absolute Gasteiger partial charge is 0.356 e. The number of nitrogens with two attached hydrogens (primary N) is 2. The van der Waals surface area contributed by atoms with Crippen molar-refractivity contribution in [2.75, 3.05) is 85.1 Å². The second-order valence-corrected chi connectivity index (χ2v) is 23.2. The standard InChI is InChI=1S/C63H109N17O12/c1-5-9-12-14-21-70-57(86)39-53(63(92)80-52(62(91)76-30-28-67-26-19-65)38-51(82)33-46(60(89)73-20-11-7-3)36-56(85)72-29-27-66-25-18-64)79-58(87)37-47(61(90)74-22-15-13-10-6-2)34-54(83)45(35-55(84)71-23-16-48-40-68-42-77-48)32-50(81)31-44(8-4)59(88)75-24-17-49-41-69-43-78-49/h40-47,52-53,66-67H,5-39,64-65H2,1-4H3,(H,68,77)(H,69,78)(H,70,86)(H,71,84)(H,72,85)(H,73,89)(H,74,90)(H,75,88)(H,76,91)(H,79,87)(H,80,92). The van der Waals surface area contributed by atoms with Crippen LogP contribution < -0.4 is 70.0 Å². The van der Waals surface area contributed by atoms with Crippen LogP contribution >= 0.6 is 0 Å². The quantitative estimate of drug-likeness (QED) is 0.0383. The van der Waals surface area contributed by atoms with E-state index in [-0.39, 0.29) is 71.1 Å². The van der Waals surface area contributed by atoms with Crippen molar-refractivity contribution in [1.29, 1.82) is 0 Å². The van der Waals surface area contributed by atoms with Crippen LogP contribution in [-0.2, 0) is 70.4 Å². The second-order valence-electron chi connectivity index (χ2n) is 23.2. The van der Waals surface area contributed by atoms with E-state index in [2.05, 4.69) is 78.4 Å². The molecule has 9 amide bonds. The molecule has 92 heavy (non-hydrogen) atoms. The Morgan fingerprint density at radius 2 is 0.804 bits per heavy atom. The number of unbranched alkanes of at least 4 members (excludes halogenated alkanes) is 7. The number of aromatic amines is 2. The highest BCUT2D eigenvalue weighted by Gasteiger charge is 2.35. The van der Waals surface area contributed by atoms with E-state index in [0.717, 1.165) is 56.3 Å². The van der Waals surface area contributed by atoms with E-state index in [1.54, 1.807) is 19.3 Å². The number of rotatable bonds is 56. The van der Waals surface area contributed by atoms with Crippen molar-refractivity contribution >= 4 is 70.5 Å². The van der Waals surface area contributed by atoms with Crippen LogP contribution in [0.1, 0.15) is 167 Å². The second kappa shape index (κ2) is 50.1. The summed E-state index contributed by atoms with van der Waals surface area (Å²) in [5, 5.41) is 30.6. The Kier molecular flexibility index (Phi) is 43.9. The summed E-state index contributed by atoms with van der Waals surface area (Å²) in [6.45, 7) is 11.4. The summed E-state index contributed by atoms with van der Waals surface area (Å²) in [6, 6.07) is -3.36. The number of hydrogen-bond donors (Lipinski definition) is 15. The van der Waals surface area contributed by atoms with Gasteiger partial charge in [-0.3, -0.25) is 57.5 Å². The molecule has 6 atom stereocenters. The first kappa shape index (κ1) is 80.6. The zero-order chi connectivity index (χ0) is 67.7. The third-order valence-corrected chi connectivity index (χ3v) is 15.2. The number of imidazole rings is 2. The highest BCUT2D eigenvalue weighted by Crippen LogP contribution is 2.23. The molecule has 6 unspecified atom stereocenters. The fourth-order valence-electron chi connectivity index (χ4n) is 9.89. The van der Waals surface area contributed by atoms with Gasteiger partial charge in [-0.2, -0.15) is 0 Å². The van der Waals surface area contributed by atoms with Crippen molar-refractivity contribution in [3.05, 3.63) is 36.4 Å². The first-order valence-electron chi connectivity index (χ1n) is 33.2. The Labute approximate surface area is 542 Å². The Morgan fingerprint density at radius 3 is 1.36 bits per heavy atom. The lowest BCUT2D eigenvalue weighted by Crippen LogP contribution is -2.56. The molecule has 0 saturated carbocycles. The highest BCUT2D eigenvalue weighted by molar-refractivity contribution is 5.99. The Hall–Kier alpha value is -7.50. The number of nitrogens with zero attached hydrogens (tertiary/aromatic N) is 2. The number of carbonyl (C=O) groups is 12. The number of ketones is 3. The fraction of sp³-hybridized carbons (Fsp3) is 0.714. The van der Waals surface area contributed by atoms with E-state index >= 15 is 0 Å². The lowest BCUT2D eigenvalue weighted by molar-refractivity contribution is -0.138. The fourth-order valence-corrected chi connectivity index (χ4v) is 9.89. The maximum Gasteiger partial charge on any atom is 0.243 e. The molecule has 0 radical (unpaired) electrons. The van der Waals surface area contributed by atoms with Gasteiger partial charge < -0.3 is 79.9 Å². The third kappa shape index (κ3) is 37.1. The van der Waals surface area contributed by atoms with E-state index in [1.165, 1.54) is 12.7 Å². The zero-order valence-electron chi connectivity index (χ0n) is 55.0. The van der Waals surface area contributed by atoms with Crippen molar-refractivity contribution in [3.8, 4) is 0 Å². The number of hydrogen-bond acceptors (Lipinski definition) is 18. The number of nitrogens with one attached hydrogen (secondary N) is 13. The van der Waals surface area contributed by atoms with Crippen molar-refractivity contribution in [1.82, 2.24) is 78.4 Å². The highest BCUT2D eigenvalue weighted by atomic mass is 16.2. The molecule has 0 aromatic carbocycles. The lowest BCUT2D eigenvalue weighted by Gasteiger charge is -2.24. The van der Waals surface area contributed by atoms with E-state index in [4.69, 9.17) is 11.5 Å². The van der Waals surface area contributed by atoms with Gasteiger partial charge in [0.1, 0.15) is 29.4 Å². The van der Waals surface area contributed by atoms with Crippen molar-refractivity contribution in [2.24, 2.45) is 35.1 Å². The number of H-pyrrole nitrogens is 2. The molecule has 0 saturated heterocycles. The molecular formula is C63H109N17O12. The summed E-state index contributed by atoms with van der Waals surface area (Å²) < 4.78 is 0.